The van der Waals surface area contributed by atoms with Gasteiger partial charge < -0.3 is 5.32 Å². The van der Waals surface area contributed by atoms with Crippen LogP contribution in [0.25, 0.3) is 0 Å². The van der Waals surface area contributed by atoms with E-state index < -0.39 is 0 Å². The van der Waals surface area contributed by atoms with Crippen molar-refractivity contribution in [2.45, 2.75) is 13.8 Å². The van der Waals surface area contributed by atoms with Crippen LogP contribution in [-0.2, 0) is 4.94 Å². The van der Waals surface area contributed by atoms with Crippen LogP contribution in [0.15, 0.2) is 27.4 Å². The maximum atomic E-state index is 4.35. The number of hydrogen-bond donors (Lipinski definition) is 1. The molecule has 90 valence electrons. The third kappa shape index (κ3) is 3.71. The Labute approximate surface area is 101 Å². The minimum atomic E-state index is 0.855. The number of nitrogens with one attached hydrogen (secondary N) is 1. The van der Waals surface area contributed by atoms with Gasteiger partial charge in [0.15, 0.2) is 0 Å². The lowest BCUT2D eigenvalue weighted by molar-refractivity contribution is 0.160. The first-order valence-electron chi connectivity index (χ1n) is 5.16. The molecule has 1 aromatic carbocycles. The van der Waals surface area contributed by atoms with Gasteiger partial charge in [-0.15, -0.1) is 0 Å². The van der Waals surface area contributed by atoms with E-state index in [2.05, 4.69) is 45.3 Å². The average Bonchev–Trinajstić information content (AvgIpc) is 2.33. The van der Waals surface area contributed by atoms with Gasteiger partial charge in [0.05, 0.1) is 17.6 Å². The lowest BCUT2D eigenvalue weighted by Gasteiger charge is -2.08. The lowest BCUT2D eigenvalue weighted by Crippen LogP contribution is -1.91. The van der Waals surface area contributed by atoms with Crippen molar-refractivity contribution in [1.29, 1.82) is 0 Å². The highest BCUT2D eigenvalue weighted by Crippen LogP contribution is 2.27. The molecule has 5 nitrogen and oxygen atoms in total. The molecule has 0 fully saturated rings. The lowest BCUT2D eigenvalue weighted by atomic mass is 10.1. The van der Waals surface area contributed by atoms with Crippen LogP contribution in [0.4, 0.5) is 11.4 Å². The summed E-state index contributed by atoms with van der Waals surface area (Å²) in [6.45, 7) is 7.24. The molecule has 1 rings (SSSR count). The first-order valence-corrected chi connectivity index (χ1v) is 5.16. The Morgan fingerprint density at radius 2 is 1.94 bits per heavy atom. The van der Waals surface area contributed by atoms with Crippen molar-refractivity contribution in [3.63, 3.8) is 0 Å². The summed E-state index contributed by atoms with van der Waals surface area (Å²) in [4.78, 5) is 8.62. The zero-order valence-electron chi connectivity index (χ0n) is 10.3. The fraction of sp³-hybridized carbons (Fsp3) is 0.250. The van der Waals surface area contributed by atoms with Crippen molar-refractivity contribution < 1.29 is 4.94 Å². The molecule has 0 saturated carbocycles. The number of rotatable bonds is 5. The number of hydrogen-bond acceptors (Lipinski definition) is 5. The summed E-state index contributed by atoms with van der Waals surface area (Å²) in [5.74, 6) is 0. The Kier molecular flexibility index (Phi) is 4.87. The Bertz CT molecular complexity index is 452. The van der Waals surface area contributed by atoms with Crippen LogP contribution in [0.3, 0.4) is 0 Å². The molecule has 1 aromatic rings. The Morgan fingerprint density at radius 3 is 2.59 bits per heavy atom. The summed E-state index contributed by atoms with van der Waals surface area (Å²) in [5, 5.41) is 9.69. The van der Waals surface area contributed by atoms with Crippen molar-refractivity contribution in [3.8, 4) is 0 Å². The van der Waals surface area contributed by atoms with Gasteiger partial charge in [-0.1, -0.05) is 10.3 Å². The topological polar surface area (TPSA) is 58.3 Å². The summed E-state index contributed by atoms with van der Waals surface area (Å²) < 4.78 is 0. The fourth-order valence-corrected chi connectivity index (χ4v) is 1.31. The molecular weight excluding hydrogens is 216 g/mol. The molecule has 17 heavy (non-hydrogen) atoms. The summed E-state index contributed by atoms with van der Waals surface area (Å²) in [5.41, 5.74) is 4.24. The van der Waals surface area contributed by atoms with Gasteiger partial charge in [-0.2, -0.15) is 0 Å². The SMILES string of the molecule is C=NO/N=C/C=Nc1cc(C)c(C)cc1NC. The largest absolute Gasteiger partial charge is 0.386 e. The van der Waals surface area contributed by atoms with Gasteiger partial charge in [-0.25, -0.2) is 4.94 Å². The van der Waals surface area contributed by atoms with Gasteiger partial charge in [0.25, 0.3) is 0 Å². The molecule has 0 amide bonds. The van der Waals surface area contributed by atoms with E-state index >= 15 is 0 Å². The molecule has 0 aromatic heterocycles. The molecule has 0 bridgehead atoms. The average molecular weight is 232 g/mol. The zero-order valence-corrected chi connectivity index (χ0v) is 10.3. The van der Waals surface area contributed by atoms with E-state index in [1.165, 1.54) is 23.6 Å². The normalized spacial score (nSPS) is 11.0. The highest BCUT2D eigenvalue weighted by Gasteiger charge is 2.01. The summed E-state index contributed by atoms with van der Waals surface area (Å²) in [6.07, 6.45) is 2.94. The van der Waals surface area contributed by atoms with Gasteiger partial charge in [0, 0.05) is 20.0 Å². The van der Waals surface area contributed by atoms with Crippen molar-refractivity contribution >= 4 is 30.5 Å². The molecule has 1 N–H and O–H groups in total. The molecule has 0 aliphatic rings. The van der Waals surface area contributed by atoms with Crippen LogP contribution in [-0.4, -0.2) is 26.2 Å². The van der Waals surface area contributed by atoms with Crippen LogP contribution in [0.1, 0.15) is 11.1 Å². The Morgan fingerprint density at radius 1 is 1.24 bits per heavy atom. The number of aliphatic imine (C=N–C) groups is 1. The van der Waals surface area contributed by atoms with E-state index in [1.54, 1.807) is 0 Å². The van der Waals surface area contributed by atoms with E-state index in [4.69, 9.17) is 0 Å². The second-order valence-electron chi connectivity index (χ2n) is 3.45. The van der Waals surface area contributed by atoms with E-state index in [0.29, 0.717) is 0 Å². The molecular formula is C12H16N4O. The van der Waals surface area contributed by atoms with Crippen LogP contribution < -0.4 is 5.32 Å². The first-order chi connectivity index (χ1) is 8.19. The van der Waals surface area contributed by atoms with Crippen molar-refractivity contribution in [3.05, 3.63) is 23.3 Å². The van der Waals surface area contributed by atoms with Crippen molar-refractivity contribution in [2.24, 2.45) is 15.3 Å². The van der Waals surface area contributed by atoms with Crippen LogP contribution >= 0.6 is 0 Å². The minimum Gasteiger partial charge on any atom is -0.386 e. The molecule has 0 spiro atoms. The molecule has 0 heterocycles. The molecule has 0 aliphatic heterocycles. The molecule has 5 heteroatoms. The third-order valence-corrected chi connectivity index (χ3v) is 2.33. The first kappa shape index (κ1) is 12.9. The van der Waals surface area contributed by atoms with Crippen molar-refractivity contribution in [1.82, 2.24) is 0 Å². The molecule has 0 aliphatic carbocycles. The van der Waals surface area contributed by atoms with Crippen LogP contribution in [0.2, 0.25) is 0 Å². The number of nitrogens with zero attached hydrogens (tertiary/aromatic N) is 3. The highest BCUT2D eigenvalue weighted by molar-refractivity contribution is 6.16. The van der Waals surface area contributed by atoms with Gasteiger partial charge in [0.1, 0.15) is 0 Å². The number of anilines is 1. The Balaban J connectivity index is 2.89. The fourth-order valence-electron chi connectivity index (χ4n) is 1.31. The van der Waals surface area contributed by atoms with E-state index in [-0.39, 0.29) is 0 Å². The van der Waals surface area contributed by atoms with Gasteiger partial charge >= 0.3 is 0 Å². The summed E-state index contributed by atoms with van der Waals surface area (Å²) >= 11 is 0. The number of aryl methyl sites for hydroxylation is 2. The van der Waals surface area contributed by atoms with Crippen molar-refractivity contribution in [2.75, 3.05) is 12.4 Å². The monoisotopic (exact) mass is 232 g/mol. The molecule has 0 unspecified atom stereocenters. The van der Waals surface area contributed by atoms with E-state index in [9.17, 15) is 0 Å². The molecule has 0 atom stereocenters. The third-order valence-electron chi connectivity index (χ3n) is 2.33. The van der Waals surface area contributed by atoms with E-state index in [1.807, 2.05) is 20.0 Å². The predicted octanol–water partition coefficient (Wildman–Crippen LogP) is 2.67. The van der Waals surface area contributed by atoms with Crippen LogP contribution in [0.5, 0.6) is 0 Å². The van der Waals surface area contributed by atoms with Gasteiger partial charge in [0.2, 0.25) is 0 Å². The Hall–Kier alpha value is -2.17. The summed E-state index contributed by atoms with van der Waals surface area (Å²) in [6, 6.07) is 4.07. The quantitative estimate of drug-likeness (QED) is 0.626. The number of benzene rings is 1. The minimum absolute atomic E-state index is 0.855. The number of oxime groups is 2. The maximum absolute atomic E-state index is 4.35. The van der Waals surface area contributed by atoms with E-state index in [0.717, 1.165) is 11.4 Å². The smallest absolute Gasteiger partial charge is 0.0878 e. The zero-order chi connectivity index (χ0) is 12.7. The van der Waals surface area contributed by atoms with Gasteiger partial charge in [-0.05, 0) is 37.1 Å². The molecule has 0 saturated heterocycles. The predicted molar refractivity (Wildman–Crippen MR) is 72.7 cm³/mol. The highest BCUT2D eigenvalue weighted by atomic mass is 16.8. The maximum Gasteiger partial charge on any atom is 0.0878 e. The second-order valence-corrected chi connectivity index (χ2v) is 3.45. The standard InChI is InChI=1S/C12H16N4O/c1-9-7-11(13-3)12(8-10(9)2)15-5-6-16-17-14-4/h5-8,13H,4H2,1-3H3/b15-5?,16-6+. The van der Waals surface area contributed by atoms with Gasteiger partial charge in [-0.3, -0.25) is 4.99 Å². The summed E-state index contributed by atoms with van der Waals surface area (Å²) in [7, 11) is 1.86. The second kappa shape index (κ2) is 6.42. The molecule has 0 radical (unpaired) electrons. The van der Waals surface area contributed by atoms with Crippen LogP contribution in [0, 0.1) is 13.8 Å².